The first kappa shape index (κ1) is 14.5. The SMILES string of the molecule is Cc1cc(=O)n2nc3c(c2n1Cc1ccc(Cl)nc1)CCCC3. The number of aromatic nitrogens is 4. The molecule has 0 N–H and O–H groups in total. The van der Waals surface area contributed by atoms with Gasteiger partial charge in [-0.3, -0.25) is 4.79 Å². The van der Waals surface area contributed by atoms with E-state index >= 15 is 0 Å². The lowest BCUT2D eigenvalue weighted by Gasteiger charge is -2.15. The highest BCUT2D eigenvalue weighted by Crippen LogP contribution is 2.25. The molecule has 0 bridgehead atoms. The predicted molar refractivity (Wildman–Crippen MR) is 89.2 cm³/mol. The Labute approximate surface area is 138 Å². The lowest BCUT2D eigenvalue weighted by atomic mass is 9.98. The van der Waals surface area contributed by atoms with Crippen LogP contribution < -0.4 is 5.56 Å². The largest absolute Gasteiger partial charge is 0.325 e. The van der Waals surface area contributed by atoms with Crippen LogP contribution in [0.1, 0.15) is 35.4 Å². The molecule has 0 aromatic carbocycles. The van der Waals surface area contributed by atoms with Gasteiger partial charge >= 0.3 is 0 Å². The van der Waals surface area contributed by atoms with Crippen LogP contribution in [0.4, 0.5) is 0 Å². The highest BCUT2D eigenvalue weighted by molar-refractivity contribution is 6.29. The summed E-state index contributed by atoms with van der Waals surface area (Å²) in [5.41, 5.74) is 5.15. The molecular weight excluding hydrogens is 312 g/mol. The average molecular weight is 329 g/mol. The highest BCUT2D eigenvalue weighted by Gasteiger charge is 2.21. The molecule has 0 fully saturated rings. The van der Waals surface area contributed by atoms with Gasteiger partial charge in [0.1, 0.15) is 10.8 Å². The van der Waals surface area contributed by atoms with E-state index in [0.29, 0.717) is 11.7 Å². The minimum atomic E-state index is -0.0580. The summed E-state index contributed by atoms with van der Waals surface area (Å²) in [5.74, 6) is 0. The van der Waals surface area contributed by atoms with E-state index in [-0.39, 0.29) is 5.56 Å². The molecule has 5 nitrogen and oxygen atoms in total. The number of aryl methyl sites for hydroxylation is 3. The van der Waals surface area contributed by atoms with Gasteiger partial charge in [-0.05, 0) is 44.2 Å². The molecule has 118 valence electrons. The Hall–Kier alpha value is -2.14. The molecule has 23 heavy (non-hydrogen) atoms. The smallest absolute Gasteiger partial charge is 0.274 e. The van der Waals surface area contributed by atoms with Crippen molar-refractivity contribution in [1.82, 2.24) is 19.2 Å². The van der Waals surface area contributed by atoms with Gasteiger partial charge in [0.2, 0.25) is 0 Å². The minimum absolute atomic E-state index is 0.0580. The van der Waals surface area contributed by atoms with Crippen molar-refractivity contribution < 1.29 is 0 Å². The zero-order valence-corrected chi connectivity index (χ0v) is 13.7. The van der Waals surface area contributed by atoms with Gasteiger partial charge < -0.3 is 4.57 Å². The molecule has 3 aromatic rings. The lowest BCUT2D eigenvalue weighted by Crippen LogP contribution is -2.20. The van der Waals surface area contributed by atoms with E-state index in [9.17, 15) is 4.79 Å². The molecule has 0 amide bonds. The highest BCUT2D eigenvalue weighted by atomic mass is 35.5. The number of nitrogens with zero attached hydrogens (tertiary/aromatic N) is 4. The summed E-state index contributed by atoms with van der Waals surface area (Å²) in [4.78, 5) is 16.5. The van der Waals surface area contributed by atoms with Gasteiger partial charge in [-0.1, -0.05) is 17.7 Å². The summed E-state index contributed by atoms with van der Waals surface area (Å²) < 4.78 is 3.72. The van der Waals surface area contributed by atoms with Gasteiger partial charge in [0.25, 0.3) is 5.56 Å². The molecule has 1 aliphatic carbocycles. The van der Waals surface area contributed by atoms with E-state index in [2.05, 4.69) is 14.6 Å². The number of hydrogen-bond donors (Lipinski definition) is 0. The van der Waals surface area contributed by atoms with Crippen LogP contribution in [0.3, 0.4) is 0 Å². The zero-order chi connectivity index (χ0) is 16.0. The monoisotopic (exact) mass is 328 g/mol. The van der Waals surface area contributed by atoms with Gasteiger partial charge in [-0.25, -0.2) is 4.98 Å². The molecule has 0 saturated heterocycles. The summed E-state index contributed by atoms with van der Waals surface area (Å²) in [6.45, 7) is 2.62. The second-order valence-electron chi connectivity index (χ2n) is 6.07. The molecule has 6 heteroatoms. The van der Waals surface area contributed by atoms with Crippen molar-refractivity contribution in [2.24, 2.45) is 0 Å². The fourth-order valence-electron chi connectivity index (χ4n) is 3.33. The third-order valence-corrected chi connectivity index (χ3v) is 4.71. The quantitative estimate of drug-likeness (QED) is 0.680. The van der Waals surface area contributed by atoms with Crippen molar-refractivity contribution >= 4 is 17.2 Å². The van der Waals surface area contributed by atoms with Gasteiger partial charge in [0.15, 0.2) is 0 Å². The average Bonchev–Trinajstić information content (AvgIpc) is 2.93. The van der Waals surface area contributed by atoms with Crippen LogP contribution >= 0.6 is 11.6 Å². The van der Waals surface area contributed by atoms with Crippen LogP contribution in [0.5, 0.6) is 0 Å². The Morgan fingerprint density at radius 2 is 2.09 bits per heavy atom. The maximum absolute atomic E-state index is 12.3. The summed E-state index contributed by atoms with van der Waals surface area (Å²) in [7, 11) is 0. The number of rotatable bonds is 2. The molecule has 1 aliphatic rings. The molecule has 4 rings (SSSR count). The Morgan fingerprint density at radius 1 is 1.26 bits per heavy atom. The maximum Gasteiger partial charge on any atom is 0.274 e. The van der Waals surface area contributed by atoms with Crippen molar-refractivity contribution in [1.29, 1.82) is 0 Å². The van der Waals surface area contributed by atoms with Gasteiger partial charge in [0.05, 0.1) is 12.2 Å². The number of fused-ring (bicyclic) bond motifs is 3. The van der Waals surface area contributed by atoms with Crippen molar-refractivity contribution in [2.75, 3.05) is 0 Å². The molecule has 0 spiro atoms. The van der Waals surface area contributed by atoms with Crippen LogP contribution in [0, 0.1) is 6.92 Å². The third-order valence-electron chi connectivity index (χ3n) is 4.48. The third kappa shape index (κ3) is 2.45. The van der Waals surface area contributed by atoms with Crippen molar-refractivity contribution in [3.63, 3.8) is 0 Å². The van der Waals surface area contributed by atoms with Crippen LogP contribution in [0.2, 0.25) is 5.15 Å². The molecule has 0 atom stereocenters. The summed E-state index contributed by atoms with van der Waals surface area (Å²) in [6.07, 6.45) is 6.02. The molecule has 3 aromatic heterocycles. The Balaban J connectivity index is 1.92. The molecular formula is C17H17ClN4O. The van der Waals surface area contributed by atoms with E-state index < -0.39 is 0 Å². The molecule has 3 heterocycles. The maximum atomic E-state index is 12.3. The predicted octanol–water partition coefficient (Wildman–Crippen LogP) is 2.78. The van der Waals surface area contributed by atoms with E-state index in [4.69, 9.17) is 11.6 Å². The second-order valence-corrected chi connectivity index (χ2v) is 6.45. The van der Waals surface area contributed by atoms with E-state index in [1.165, 1.54) is 5.56 Å². The van der Waals surface area contributed by atoms with Crippen molar-refractivity contribution in [2.45, 2.75) is 39.2 Å². The molecule has 0 unspecified atom stereocenters. The second kappa shape index (κ2) is 5.49. The lowest BCUT2D eigenvalue weighted by molar-refractivity contribution is 0.672. The number of halogens is 1. The zero-order valence-electron chi connectivity index (χ0n) is 12.9. The summed E-state index contributed by atoms with van der Waals surface area (Å²) in [5, 5.41) is 5.04. The van der Waals surface area contributed by atoms with Crippen LogP contribution in [0.25, 0.3) is 5.65 Å². The minimum Gasteiger partial charge on any atom is -0.325 e. The molecule has 0 radical (unpaired) electrons. The van der Waals surface area contributed by atoms with E-state index in [1.54, 1.807) is 22.8 Å². The van der Waals surface area contributed by atoms with E-state index in [1.807, 2.05) is 13.0 Å². The molecule has 0 aliphatic heterocycles. The van der Waals surface area contributed by atoms with Crippen molar-refractivity contribution in [3.8, 4) is 0 Å². The van der Waals surface area contributed by atoms with Crippen LogP contribution in [-0.4, -0.2) is 19.2 Å². The van der Waals surface area contributed by atoms with Crippen LogP contribution in [0.15, 0.2) is 29.2 Å². The first-order valence-corrected chi connectivity index (χ1v) is 8.22. The van der Waals surface area contributed by atoms with E-state index in [0.717, 1.165) is 48.3 Å². The fraction of sp³-hybridized carbons (Fsp3) is 0.353. The first-order valence-electron chi connectivity index (χ1n) is 7.85. The van der Waals surface area contributed by atoms with Gasteiger partial charge in [-0.2, -0.15) is 9.61 Å². The van der Waals surface area contributed by atoms with Gasteiger partial charge in [-0.15, -0.1) is 0 Å². The fourth-order valence-corrected chi connectivity index (χ4v) is 3.45. The topological polar surface area (TPSA) is 52.2 Å². The standard InChI is InChI=1S/C17H17ClN4O/c1-11-8-16(23)22-17(13-4-2-3-5-14(13)20-22)21(11)10-12-6-7-15(18)19-9-12/h6-9H,2-5,10H2,1H3. The van der Waals surface area contributed by atoms with Gasteiger partial charge in [0, 0.05) is 23.5 Å². The normalized spacial score (nSPS) is 14.2. The Bertz CT molecular complexity index is 940. The van der Waals surface area contributed by atoms with Crippen molar-refractivity contribution in [3.05, 3.63) is 62.4 Å². The van der Waals surface area contributed by atoms with Crippen LogP contribution in [-0.2, 0) is 19.4 Å². The Morgan fingerprint density at radius 3 is 2.87 bits per heavy atom. The summed E-state index contributed by atoms with van der Waals surface area (Å²) >= 11 is 5.87. The first-order chi connectivity index (χ1) is 11.1. The Kier molecular flexibility index (Phi) is 3.45. The number of pyridine rings is 1. The molecule has 0 saturated carbocycles. The number of hydrogen-bond acceptors (Lipinski definition) is 3. The summed E-state index contributed by atoms with van der Waals surface area (Å²) in [6, 6.07) is 5.40.